The van der Waals surface area contributed by atoms with Crippen LogP contribution in [0.4, 0.5) is 0 Å². The van der Waals surface area contributed by atoms with Gasteiger partial charge in [0.1, 0.15) is 6.54 Å². The lowest BCUT2D eigenvalue weighted by Gasteiger charge is -2.10. The standard InChI is InChI=1S/C13H16N4O2/c1-8-4-5-10-9(6-8)12(13(14)19)15-17(10)7-11(18)16(2)3/h4-6H,7H2,1-3H3,(H2,14,19). The topological polar surface area (TPSA) is 81.2 Å². The number of carbonyl (C=O) groups excluding carboxylic acids is 2. The Hall–Kier alpha value is -2.37. The zero-order chi connectivity index (χ0) is 14.2. The molecule has 0 unspecified atom stereocenters. The second-order valence-electron chi connectivity index (χ2n) is 4.68. The van der Waals surface area contributed by atoms with Crippen molar-refractivity contribution in [2.24, 2.45) is 5.73 Å². The highest BCUT2D eigenvalue weighted by Gasteiger charge is 2.17. The summed E-state index contributed by atoms with van der Waals surface area (Å²) in [6, 6.07) is 5.59. The van der Waals surface area contributed by atoms with E-state index in [2.05, 4.69) is 5.10 Å². The van der Waals surface area contributed by atoms with E-state index in [1.165, 1.54) is 9.58 Å². The van der Waals surface area contributed by atoms with E-state index in [1.54, 1.807) is 14.1 Å². The number of nitrogens with two attached hydrogens (primary N) is 1. The van der Waals surface area contributed by atoms with E-state index in [9.17, 15) is 9.59 Å². The van der Waals surface area contributed by atoms with Gasteiger partial charge in [0.15, 0.2) is 5.69 Å². The Balaban J connectivity index is 2.56. The van der Waals surface area contributed by atoms with Gasteiger partial charge in [-0.05, 0) is 19.1 Å². The maximum absolute atomic E-state index is 11.8. The molecule has 0 radical (unpaired) electrons. The van der Waals surface area contributed by atoms with Crippen LogP contribution >= 0.6 is 0 Å². The molecule has 2 amide bonds. The number of aromatic nitrogens is 2. The molecule has 1 aromatic heterocycles. The molecule has 0 aliphatic carbocycles. The van der Waals surface area contributed by atoms with Crippen molar-refractivity contribution in [3.8, 4) is 0 Å². The average molecular weight is 260 g/mol. The van der Waals surface area contributed by atoms with Crippen molar-refractivity contribution in [2.45, 2.75) is 13.5 Å². The van der Waals surface area contributed by atoms with Crippen LogP contribution in [0.25, 0.3) is 10.9 Å². The van der Waals surface area contributed by atoms with Crippen LogP contribution in [0.15, 0.2) is 18.2 Å². The minimum Gasteiger partial charge on any atom is -0.364 e. The molecule has 0 spiro atoms. The smallest absolute Gasteiger partial charge is 0.269 e. The predicted molar refractivity (Wildman–Crippen MR) is 71.7 cm³/mol. The Morgan fingerprint density at radius 3 is 2.63 bits per heavy atom. The zero-order valence-electron chi connectivity index (χ0n) is 11.2. The monoisotopic (exact) mass is 260 g/mol. The molecular weight excluding hydrogens is 244 g/mol. The first-order valence-corrected chi connectivity index (χ1v) is 5.87. The molecule has 2 N–H and O–H groups in total. The van der Waals surface area contributed by atoms with Crippen LogP contribution in [0.2, 0.25) is 0 Å². The van der Waals surface area contributed by atoms with Gasteiger partial charge in [0.2, 0.25) is 5.91 Å². The Bertz CT molecular complexity index is 658. The van der Waals surface area contributed by atoms with Gasteiger partial charge in [0, 0.05) is 19.5 Å². The second-order valence-corrected chi connectivity index (χ2v) is 4.68. The van der Waals surface area contributed by atoms with Gasteiger partial charge in [-0.1, -0.05) is 11.6 Å². The highest BCUT2D eigenvalue weighted by Crippen LogP contribution is 2.20. The van der Waals surface area contributed by atoms with Gasteiger partial charge < -0.3 is 10.6 Å². The van der Waals surface area contributed by atoms with Crippen molar-refractivity contribution >= 4 is 22.7 Å². The summed E-state index contributed by atoms with van der Waals surface area (Å²) >= 11 is 0. The molecule has 2 rings (SSSR count). The van der Waals surface area contributed by atoms with E-state index in [-0.39, 0.29) is 18.1 Å². The molecule has 6 nitrogen and oxygen atoms in total. The molecule has 0 saturated carbocycles. The molecule has 1 aromatic carbocycles. The Morgan fingerprint density at radius 2 is 2.05 bits per heavy atom. The van der Waals surface area contributed by atoms with Gasteiger partial charge in [0.25, 0.3) is 5.91 Å². The maximum Gasteiger partial charge on any atom is 0.269 e. The number of nitrogens with zero attached hydrogens (tertiary/aromatic N) is 3. The summed E-state index contributed by atoms with van der Waals surface area (Å²) in [6.45, 7) is 2.01. The summed E-state index contributed by atoms with van der Waals surface area (Å²) in [5.74, 6) is -0.687. The SMILES string of the molecule is Cc1ccc2c(c1)c(C(N)=O)nn2CC(=O)N(C)C. The van der Waals surface area contributed by atoms with Gasteiger partial charge in [-0.25, -0.2) is 0 Å². The minimum absolute atomic E-state index is 0.0832. The number of rotatable bonds is 3. The van der Waals surface area contributed by atoms with Crippen molar-refractivity contribution in [3.63, 3.8) is 0 Å². The predicted octanol–water partition coefficient (Wildman–Crippen LogP) is 0.532. The van der Waals surface area contributed by atoms with Gasteiger partial charge in [0.05, 0.1) is 5.52 Å². The Kier molecular flexibility index (Phi) is 3.25. The largest absolute Gasteiger partial charge is 0.364 e. The summed E-state index contributed by atoms with van der Waals surface area (Å²) in [7, 11) is 3.35. The van der Waals surface area contributed by atoms with E-state index in [4.69, 9.17) is 5.73 Å². The van der Waals surface area contributed by atoms with Gasteiger partial charge in [-0.3, -0.25) is 14.3 Å². The highest BCUT2D eigenvalue weighted by atomic mass is 16.2. The summed E-state index contributed by atoms with van der Waals surface area (Å²) in [5.41, 5.74) is 7.26. The van der Waals surface area contributed by atoms with Gasteiger partial charge in [-0.15, -0.1) is 0 Å². The van der Waals surface area contributed by atoms with Crippen LogP contribution in [0.5, 0.6) is 0 Å². The second kappa shape index (κ2) is 4.72. The highest BCUT2D eigenvalue weighted by molar-refractivity contribution is 6.04. The molecule has 0 atom stereocenters. The molecule has 2 aromatic rings. The quantitative estimate of drug-likeness (QED) is 0.874. The molecule has 100 valence electrons. The molecule has 1 heterocycles. The lowest BCUT2D eigenvalue weighted by Crippen LogP contribution is -2.27. The van der Waals surface area contributed by atoms with Crippen molar-refractivity contribution in [1.29, 1.82) is 0 Å². The number of hydrogen-bond donors (Lipinski definition) is 1. The van der Waals surface area contributed by atoms with E-state index >= 15 is 0 Å². The Morgan fingerprint density at radius 1 is 1.37 bits per heavy atom. The average Bonchev–Trinajstić information content (AvgIpc) is 2.67. The molecule has 0 bridgehead atoms. The lowest BCUT2D eigenvalue weighted by molar-refractivity contribution is -0.129. The normalized spacial score (nSPS) is 10.7. The van der Waals surface area contributed by atoms with Crippen LogP contribution in [0, 0.1) is 6.92 Å². The van der Waals surface area contributed by atoms with Gasteiger partial charge in [-0.2, -0.15) is 5.10 Å². The van der Waals surface area contributed by atoms with Crippen molar-refractivity contribution in [2.75, 3.05) is 14.1 Å². The molecule has 0 aliphatic heterocycles. The summed E-state index contributed by atoms with van der Waals surface area (Å²) in [6.07, 6.45) is 0. The first-order valence-electron chi connectivity index (χ1n) is 5.87. The first kappa shape index (κ1) is 13.1. The zero-order valence-corrected chi connectivity index (χ0v) is 11.2. The number of primary amides is 1. The van der Waals surface area contributed by atoms with Gasteiger partial charge >= 0.3 is 0 Å². The number of amides is 2. The fourth-order valence-corrected chi connectivity index (χ4v) is 1.87. The first-order chi connectivity index (χ1) is 8.90. The van der Waals surface area contributed by atoms with Crippen molar-refractivity contribution in [1.82, 2.24) is 14.7 Å². The van der Waals surface area contributed by atoms with Crippen LogP contribution < -0.4 is 5.73 Å². The van der Waals surface area contributed by atoms with Crippen LogP contribution in [0.1, 0.15) is 16.1 Å². The van der Waals surface area contributed by atoms with Crippen LogP contribution in [-0.2, 0) is 11.3 Å². The number of hydrogen-bond acceptors (Lipinski definition) is 3. The van der Waals surface area contributed by atoms with Crippen molar-refractivity contribution < 1.29 is 9.59 Å². The third-order valence-electron chi connectivity index (χ3n) is 2.92. The third-order valence-corrected chi connectivity index (χ3v) is 2.92. The summed E-state index contributed by atoms with van der Waals surface area (Å²) < 4.78 is 1.51. The number of fused-ring (bicyclic) bond motifs is 1. The van der Waals surface area contributed by atoms with Crippen molar-refractivity contribution in [3.05, 3.63) is 29.5 Å². The third kappa shape index (κ3) is 2.42. The molecule has 0 aliphatic rings. The minimum atomic E-state index is -0.591. The number of likely N-dealkylation sites (N-methyl/N-ethyl adjacent to an activating group) is 1. The fraction of sp³-hybridized carbons (Fsp3) is 0.308. The van der Waals surface area contributed by atoms with E-state index in [1.807, 2.05) is 25.1 Å². The molecular formula is C13H16N4O2. The van der Waals surface area contributed by atoms with E-state index in [0.717, 1.165) is 11.1 Å². The number of benzene rings is 1. The maximum atomic E-state index is 11.8. The molecule has 0 fully saturated rings. The molecule has 6 heteroatoms. The molecule has 19 heavy (non-hydrogen) atoms. The summed E-state index contributed by atoms with van der Waals surface area (Å²) in [4.78, 5) is 24.6. The number of carbonyl (C=O) groups is 2. The number of aryl methyl sites for hydroxylation is 1. The van der Waals surface area contributed by atoms with Crippen LogP contribution in [-0.4, -0.2) is 40.6 Å². The van der Waals surface area contributed by atoms with Crippen LogP contribution in [0.3, 0.4) is 0 Å². The Labute approximate surface area is 110 Å². The van der Waals surface area contributed by atoms with E-state index < -0.39 is 5.91 Å². The molecule has 0 saturated heterocycles. The fourth-order valence-electron chi connectivity index (χ4n) is 1.87. The van der Waals surface area contributed by atoms with E-state index in [0.29, 0.717) is 5.39 Å². The summed E-state index contributed by atoms with van der Waals surface area (Å²) in [5, 5.41) is 4.83. The lowest BCUT2D eigenvalue weighted by atomic mass is 10.1.